The zero-order chi connectivity index (χ0) is 19.0. The lowest BCUT2D eigenvalue weighted by molar-refractivity contribution is -0.137. The van der Waals surface area contributed by atoms with E-state index in [4.69, 9.17) is 9.63 Å². The Morgan fingerprint density at radius 2 is 1.96 bits per heavy atom. The quantitative estimate of drug-likeness (QED) is 0.593. The smallest absolute Gasteiger partial charge is 0.323 e. The maximum absolute atomic E-state index is 12.6. The van der Waals surface area contributed by atoms with E-state index in [-0.39, 0.29) is 5.69 Å². The zero-order valence-electron chi connectivity index (χ0n) is 13.9. The molecule has 0 aliphatic heterocycles. The van der Waals surface area contributed by atoms with Gasteiger partial charge in [-0.25, -0.2) is 0 Å². The number of benzene rings is 1. The molecule has 0 amide bonds. The second-order valence-electron chi connectivity index (χ2n) is 5.86. The number of pyridine rings is 2. The number of hydrogen-bond acceptors (Lipinski definition) is 5. The molecular weight excluding hydrogens is 350 g/mol. The molecule has 0 spiro atoms. The van der Waals surface area contributed by atoms with Gasteiger partial charge in [0, 0.05) is 24.0 Å². The maximum atomic E-state index is 12.6. The molecule has 0 saturated heterocycles. The van der Waals surface area contributed by atoms with E-state index in [1.165, 1.54) is 18.3 Å². The van der Waals surface area contributed by atoms with Gasteiger partial charge >= 0.3 is 5.97 Å². The molecular formula is C19H13N3O5. The minimum absolute atomic E-state index is 0.261. The second-order valence-corrected chi connectivity index (χ2v) is 5.86. The second kappa shape index (κ2) is 6.41. The van der Waals surface area contributed by atoms with E-state index >= 15 is 0 Å². The Morgan fingerprint density at radius 3 is 2.70 bits per heavy atom. The Morgan fingerprint density at radius 1 is 1.11 bits per heavy atom. The molecule has 0 atom stereocenters. The summed E-state index contributed by atoms with van der Waals surface area (Å²) < 4.78 is 7.69. The highest BCUT2D eigenvalue weighted by molar-refractivity contribution is 5.81. The van der Waals surface area contributed by atoms with Gasteiger partial charge in [0.05, 0.1) is 11.1 Å². The fraction of sp³-hybridized carbons (Fsp3) is 0.0526. The Labute approximate surface area is 151 Å². The van der Waals surface area contributed by atoms with Gasteiger partial charge in [-0.2, -0.15) is 0 Å². The maximum Gasteiger partial charge on any atom is 0.323 e. The van der Waals surface area contributed by atoms with Crippen LogP contribution in [0, 0.1) is 0 Å². The molecule has 27 heavy (non-hydrogen) atoms. The summed E-state index contributed by atoms with van der Waals surface area (Å²) in [4.78, 5) is 39.6. The van der Waals surface area contributed by atoms with Gasteiger partial charge in [-0.3, -0.25) is 19.4 Å². The van der Waals surface area contributed by atoms with Gasteiger partial charge in [-0.05, 0) is 30.3 Å². The van der Waals surface area contributed by atoms with Gasteiger partial charge in [0.2, 0.25) is 0 Å². The zero-order valence-corrected chi connectivity index (χ0v) is 13.9. The highest BCUT2D eigenvalue weighted by Gasteiger charge is 2.14. The van der Waals surface area contributed by atoms with Crippen molar-refractivity contribution in [3.05, 3.63) is 81.6 Å². The fourth-order valence-corrected chi connectivity index (χ4v) is 2.79. The first kappa shape index (κ1) is 16.5. The van der Waals surface area contributed by atoms with Crippen LogP contribution in [0.15, 0.2) is 75.0 Å². The van der Waals surface area contributed by atoms with Gasteiger partial charge in [-0.1, -0.05) is 12.1 Å². The number of rotatable bonds is 4. The lowest BCUT2D eigenvalue weighted by Crippen LogP contribution is -2.24. The summed E-state index contributed by atoms with van der Waals surface area (Å²) >= 11 is 0. The lowest BCUT2D eigenvalue weighted by atomic mass is 10.1. The predicted molar refractivity (Wildman–Crippen MR) is 96.9 cm³/mol. The third kappa shape index (κ3) is 3.04. The number of aromatic nitrogens is 3. The Kier molecular flexibility index (Phi) is 3.92. The first-order valence-corrected chi connectivity index (χ1v) is 8.03. The molecule has 1 aromatic carbocycles. The number of carboxylic acids is 1. The van der Waals surface area contributed by atoms with Gasteiger partial charge in [0.1, 0.15) is 12.2 Å². The summed E-state index contributed by atoms with van der Waals surface area (Å²) in [5.41, 5.74) is 1.26. The Bertz CT molecular complexity index is 1270. The van der Waals surface area contributed by atoms with Crippen molar-refractivity contribution in [2.75, 3.05) is 0 Å². The van der Waals surface area contributed by atoms with Crippen molar-refractivity contribution in [3.63, 3.8) is 0 Å². The predicted octanol–water partition coefficient (Wildman–Crippen LogP) is 1.89. The summed E-state index contributed by atoms with van der Waals surface area (Å²) in [7, 11) is 0. The first-order chi connectivity index (χ1) is 13.0. The Balaban J connectivity index is 1.84. The molecule has 3 aromatic heterocycles. The highest BCUT2D eigenvalue weighted by atomic mass is 16.5. The van der Waals surface area contributed by atoms with Crippen LogP contribution < -0.4 is 11.1 Å². The van der Waals surface area contributed by atoms with E-state index in [1.54, 1.807) is 24.4 Å². The molecule has 0 unspecified atom stereocenters. The van der Waals surface area contributed by atoms with Crippen LogP contribution in [0.25, 0.3) is 27.9 Å². The van der Waals surface area contributed by atoms with Crippen LogP contribution in [0.1, 0.15) is 0 Å². The monoisotopic (exact) mass is 363 g/mol. The topological polar surface area (TPSA) is 107 Å². The van der Waals surface area contributed by atoms with Crippen LogP contribution in [0.2, 0.25) is 0 Å². The average Bonchev–Trinajstić information content (AvgIpc) is 3.00. The lowest BCUT2D eigenvalue weighted by Gasteiger charge is -2.04. The van der Waals surface area contributed by atoms with Crippen molar-refractivity contribution in [1.82, 2.24) is 14.3 Å². The third-order valence-electron chi connectivity index (χ3n) is 4.05. The van der Waals surface area contributed by atoms with E-state index in [0.717, 1.165) is 20.6 Å². The average molecular weight is 363 g/mol. The largest absolute Gasteiger partial charge is 0.480 e. The molecule has 8 heteroatoms. The molecule has 0 saturated carbocycles. The van der Waals surface area contributed by atoms with Gasteiger partial charge in [-0.15, -0.1) is 4.74 Å². The highest BCUT2D eigenvalue weighted by Crippen LogP contribution is 2.22. The summed E-state index contributed by atoms with van der Waals surface area (Å²) in [5.74, 6) is -1.16. The number of aliphatic carboxylic acids is 1. The van der Waals surface area contributed by atoms with E-state index in [1.807, 2.05) is 18.2 Å². The van der Waals surface area contributed by atoms with Crippen molar-refractivity contribution in [3.8, 4) is 16.9 Å². The molecule has 0 bridgehead atoms. The SMILES string of the molecule is O=C(O)Cn1cc(-n2oc3cc(-c4ccccn4)ccc3c2=O)ccc1=O. The number of nitrogens with zero attached hydrogens (tertiary/aromatic N) is 3. The molecule has 0 aliphatic rings. The van der Waals surface area contributed by atoms with Crippen LogP contribution in [0.3, 0.4) is 0 Å². The van der Waals surface area contributed by atoms with Gasteiger partial charge < -0.3 is 14.2 Å². The Hall–Kier alpha value is -3.94. The van der Waals surface area contributed by atoms with Crippen molar-refractivity contribution in [1.29, 1.82) is 0 Å². The number of fused-ring (bicyclic) bond motifs is 1. The van der Waals surface area contributed by atoms with Crippen molar-refractivity contribution in [2.45, 2.75) is 6.54 Å². The van der Waals surface area contributed by atoms with E-state index in [0.29, 0.717) is 11.0 Å². The molecule has 0 aliphatic carbocycles. The summed E-state index contributed by atoms with van der Waals surface area (Å²) in [6.45, 7) is -0.508. The van der Waals surface area contributed by atoms with Gasteiger partial charge in [0.25, 0.3) is 11.1 Å². The van der Waals surface area contributed by atoms with Crippen molar-refractivity contribution in [2.24, 2.45) is 0 Å². The van der Waals surface area contributed by atoms with E-state index < -0.39 is 23.6 Å². The molecule has 1 N–H and O–H groups in total. The third-order valence-corrected chi connectivity index (χ3v) is 4.05. The van der Waals surface area contributed by atoms with Crippen LogP contribution in [0.5, 0.6) is 0 Å². The van der Waals surface area contributed by atoms with Crippen LogP contribution in [-0.4, -0.2) is 25.4 Å². The molecule has 0 fully saturated rings. The number of carbonyl (C=O) groups is 1. The van der Waals surface area contributed by atoms with Crippen LogP contribution in [0.4, 0.5) is 0 Å². The van der Waals surface area contributed by atoms with Crippen LogP contribution >= 0.6 is 0 Å². The van der Waals surface area contributed by atoms with Crippen molar-refractivity contribution >= 4 is 16.9 Å². The molecule has 4 aromatic rings. The summed E-state index contributed by atoms with van der Waals surface area (Å²) in [5, 5.41) is 9.27. The standard InChI is InChI=1S/C19H13N3O5/c23-17-7-5-13(10-21(17)11-18(24)25)22-19(26)14-6-4-12(9-16(14)27-22)15-3-1-2-8-20-15/h1-10H,11H2,(H,24,25). The number of carboxylic acid groups (broad SMARTS) is 1. The summed E-state index contributed by atoms with van der Waals surface area (Å²) in [6, 6.07) is 13.2. The number of hydrogen-bond donors (Lipinski definition) is 1. The molecule has 0 radical (unpaired) electrons. The minimum atomic E-state index is -1.16. The minimum Gasteiger partial charge on any atom is -0.480 e. The summed E-state index contributed by atoms with van der Waals surface area (Å²) in [6.07, 6.45) is 2.95. The van der Waals surface area contributed by atoms with Crippen LogP contribution in [-0.2, 0) is 11.3 Å². The normalized spacial score (nSPS) is 11.0. The van der Waals surface area contributed by atoms with Crippen molar-refractivity contribution < 1.29 is 14.4 Å². The molecule has 3 heterocycles. The molecule has 4 rings (SSSR count). The molecule has 134 valence electrons. The fourth-order valence-electron chi connectivity index (χ4n) is 2.79. The van der Waals surface area contributed by atoms with E-state index in [2.05, 4.69) is 4.98 Å². The first-order valence-electron chi connectivity index (χ1n) is 8.03. The van der Waals surface area contributed by atoms with E-state index in [9.17, 15) is 14.4 Å². The van der Waals surface area contributed by atoms with Gasteiger partial charge in [0.15, 0.2) is 5.58 Å². The molecule has 8 nitrogen and oxygen atoms in total.